The van der Waals surface area contributed by atoms with Gasteiger partial charge in [0, 0.05) is 23.3 Å². The standard InChI is InChI=1S/C20H20FN7/c1-12-10-27(26-25-12)11-19-24-18-9-23-17-5-2-13(8-22)6-16(17)20(18)28(19)15-4-3-14(21)7-15/h2,5-6,9-10,14-15,25-26H,3-4,7,11H2,1H3. The molecule has 8 heteroatoms. The molecule has 1 fully saturated rings. The summed E-state index contributed by atoms with van der Waals surface area (Å²) in [6.45, 7) is 2.51. The Bertz CT molecular complexity index is 1140. The first kappa shape index (κ1) is 17.0. The average Bonchev–Trinajstić information content (AvgIpc) is 3.39. The Hall–Kier alpha value is -3.18. The molecule has 28 heavy (non-hydrogen) atoms. The van der Waals surface area contributed by atoms with Crippen LogP contribution < -0.4 is 11.0 Å². The number of alkyl halides is 1. The van der Waals surface area contributed by atoms with Gasteiger partial charge in [-0.3, -0.25) is 9.99 Å². The first-order valence-corrected chi connectivity index (χ1v) is 9.43. The third-order valence-electron chi connectivity index (χ3n) is 5.48. The predicted molar refractivity (Wildman–Crippen MR) is 103 cm³/mol. The van der Waals surface area contributed by atoms with E-state index in [1.165, 1.54) is 0 Å². The molecular formula is C20H20FN7. The third-order valence-corrected chi connectivity index (χ3v) is 5.48. The number of fused-ring (bicyclic) bond motifs is 3. The van der Waals surface area contributed by atoms with Gasteiger partial charge in [0.25, 0.3) is 0 Å². The van der Waals surface area contributed by atoms with Crippen LogP contribution in [-0.4, -0.2) is 25.7 Å². The maximum atomic E-state index is 14.1. The fourth-order valence-electron chi connectivity index (χ4n) is 4.23. The fourth-order valence-corrected chi connectivity index (χ4v) is 4.23. The number of hydrazine groups is 2. The molecule has 2 N–H and O–H groups in total. The SMILES string of the molecule is CC1=CN(Cc2nc3cnc4ccc(C#N)cc4c3n2C2CCC(F)C2)NN1. The molecule has 3 aromatic rings. The van der Waals surface area contributed by atoms with Crippen molar-refractivity contribution in [1.82, 2.24) is 30.5 Å². The lowest BCUT2D eigenvalue weighted by Crippen LogP contribution is -2.36. The minimum Gasteiger partial charge on any atom is -0.323 e. The summed E-state index contributed by atoms with van der Waals surface area (Å²) in [6.07, 6.45) is 4.79. The number of hydrogen-bond donors (Lipinski definition) is 2. The van der Waals surface area contributed by atoms with Gasteiger partial charge in [0.05, 0.1) is 35.4 Å². The Morgan fingerprint density at radius 2 is 2.21 bits per heavy atom. The zero-order chi connectivity index (χ0) is 19.3. The normalized spacial score (nSPS) is 21.9. The Labute approximate surface area is 161 Å². The maximum absolute atomic E-state index is 14.1. The largest absolute Gasteiger partial charge is 0.323 e. The summed E-state index contributed by atoms with van der Waals surface area (Å²) in [5.74, 6) is 0.853. The van der Waals surface area contributed by atoms with Gasteiger partial charge in [-0.15, -0.1) is 5.53 Å². The van der Waals surface area contributed by atoms with Crippen molar-refractivity contribution in [2.75, 3.05) is 0 Å². The molecular weight excluding hydrogens is 357 g/mol. The highest BCUT2D eigenvalue weighted by molar-refractivity contribution is 6.02. The van der Waals surface area contributed by atoms with Crippen molar-refractivity contribution < 1.29 is 4.39 Å². The van der Waals surface area contributed by atoms with Crippen molar-refractivity contribution >= 4 is 21.9 Å². The average molecular weight is 377 g/mol. The molecule has 1 aliphatic heterocycles. The van der Waals surface area contributed by atoms with Crippen molar-refractivity contribution in [1.29, 1.82) is 5.26 Å². The summed E-state index contributed by atoms with van der Waals surface area (Å²) >= 11 is 0. The van der Waals surface area contributed by atoms with E-state index >= 15 is 0 Å². The van der Waals surface area contributed by atoms with Gasteiger partial charge in [-0.2, -0.15) is 5.26 Å². The number of rotatable bonds is 3. The Kier molecular flexibility index (Phi) is 3.91. The van der Waals surface area contributed by atoms with E-state index in [1.54, 1.807) is 12.3 Å². The Morgan fingerprint density at radius 1 is 1.32 bits per heavy atom. The summed E-state index contributed by atoms with van der Waals surface area (Å²) < 4.78 is 16.2. The highest BCUT2D eigenvalue weighted by atomic mass is 19.1. The number of pyridine rings is 1. The van der Waals surface area contributed by atoms with Crippen LogP contribution >= 0.6 is 0 Å². The Morgan fingerprint density at radius 3 is 2.93 bits per heavy atom. The number of allylic oxidation sites excluding steroid dienone is 1. The van der Waals surface area contributed by atoms with E-state index < -0.39 is 6.17 Å². The van der Waals surface area contributed by atoms with Crippen LogP contribution in [0.25, 0.3) is 21.9 Å². The van der Waals surface area contributed by atoms with Crippen molar-refractivity contribution in [3.63, 3.8) is 0 Å². The molecule has 3 heterocycles. The number of hydrogen-bond acceptors (Lipinski definition) is 6. The second-order valence-corrected chi connectivity index (χ2v) is 7.47. The molecule has 1 aliphatic carbocycles. The molecule has 1 saturated carbocycles. The number of nitrogens with one attached hydrogen (secondary N) is 2. The van der Waals surface area contributed by atoms with Gasteiger partial charge in [0.1, 0.15) is 17.5 Å². The highest BCUT2D eigenvalue weighted by Gasteiger charge is 2.30. The van der Waals surface area contributed by atoms with Crippen LogP contribution in [0, 0.1) is 11.3 Å². The maximum Gasteiger partial charge on any atom is 0.131 e. The van der Waals surface area contributed by atoms with Crippen LogP contribution in [-0.2, 0) is 6.54 Å². The van der Waals surface area contributed by atoms with Crippen LogP contribution in [0.4, 0.5) is 4.39 Å². The molecule has 2 unspecified atom stereocenters. The zero-order valence-corrected chi connectivity index (χ0v) is 15.5. The number of aromatic nitrogens is 3. The second-order valence-electron chi connectivity index (χ2n) is 7.47. The van der Waals surface area contributed by atoms with Crippen molar-refractivity contribution in [3.8, 4) is 6.07 Å². The molecule has 7 nitrogen and oxygen atoms in total. The van der Waals surface area contributed by atoms with Gasteiger partial charge in [-0.25, -0.2) is 9.37 Å². The molecule has 2 aromatic heterocycles. The molecule has 0 amide bonds. The van der Waals surface area contributed by atoms with Gasteiger partial charge >= 0.3 is 0 Å². The summed E-state index contributed by atoms with van der Waals surface area (Å²) in [5.41, 5.74) is 10.2. The Balaban J connectivity index is 1.72. The number of nitrogens with zero attached hydrogens (tertiary/aromatic N) is 5. The van der Waals surface area contributed by atoms with E-state index in [-0.39, 0.29) is 6.04 Å². The number of halogens is 1. The smallest absolute Gasteiger partial charge is 0.131 e. The summed E-state index contributed by atoms with van der Waals surface area (Å²) in [7, 11) is 0. The number of imidazole rings is 1. The van der Waals surface area contributed by atoms with Crippen LogP contribution in [0.3, 0.4) is 0 Å². The lowest BCUT2D eigenvalue weighted by Gasteiger charge is -2.20. The molecule has 2 atom stereocenters. The van der Waals surface area contributed by atoms with Crippen molar-refractivity contribution in [3.05, 3.63) is 47.7 Å². The summed E-state index contributed by atoms with van der Waals surface area (Å²) in [6, 6.07) is 7.73. The molecule has 0 spiro atoms. The molecule has 0 bridgehead atoms. The summed E-state index contributed by atoms with van der Waals surface area (Å²) in [4.78, 5) is 9.34. The van der Waals surface area contributed by atoms with E-state index in [2.05, 4.69) is 26.6 Å². The van der Waals surface area contributed by atoms with Crippen LogP contribution in [0.1, 0.15) is 43.6 Å². The molecule has 142 valence electrons. The first-order chi connectivity index (χ1) is 13.6. The van der Waals surface area contributed by atoms with Gasteiger partial charge in [-0.1, -0.05) is 0 Å². The van der Waals surface area contributed by atoms with E-state index in [0.29, 0.717) is 24.9 Å². The van der Waals surface area contributed by atoms with Gasteiger partial charge in [0.15, 0.2) is 0 Å². The zero-order valence-electron chi connectivity index (χ0n) is 15.5. The first-order valence-electron chi connectivity index (χ1n) is 9.43. The van der Waals surface area contributed by atoms with Crippen molar-refractivity contribution in [2.24, 2.45) is 0 Å². The van der Waals surface area contributed by atoms with E-state index in [1.807, 2.05) is 30.3 Å². The van der Waals surface area contributed by atoms with E-state index in [0.717, 1.165) is 39.9 Å². The van der Waals surface area contributed by atoms with Gasteiger partial charge in [-0.05, 0) is 44.4 Å². The fraction of sp³-hybridized carbons (Fsp3) is 0.350. The minimum atomic E-state index is -0.785. The lowest BCUT2D eigenvalue weighted by molar-refractivity contribution is 0.250. The quantitative estimate of drug-likeness (QED) is 0.729. The number of benzene rings is 1. The van der Waals surface area contributed by atoms with E-state index in [9.17, 15) is 9.65 Å². The molecule has 5 rings (SSSR count). The predicted octanol–water partition coefficient (Wildman–Crippen LogP) is 3.21. The van der Waals surface area contributed by atoms with Crippen molar-refractivity contribution in [2.45, 2.75) is 44.9 Å². The monoisotopic (exact) mass is 377 g/mol. The molecule has 0 radical (unpaired) electrons. The van der Waals surface area contributed by atoms with Gasteiger partial charge in [0.2, 0.25) is 0 Å². The minimum absolute atomic E-state index is 0.0481. The molecule has 2 aliphatic rings. The third kappa shape index (κ3) is 2.75. The topological polar surface area (TPSA) is 81.8 Å². The second kappa shape index (κ2) is 6.46. The van der Waals surface area contributed by atoms with E-state index in [4.69, 9.17) is 4.98 Å². The van der Waals surface area contributed by atoms with Gasteiger partial charge < -0.3 is 9.99 Å². The molecule has 0 saturated heterocycles. The lowest BCUT2D eigenvalue weighted by atomic mass is 10.1. The highest BCUT2D eigenvalue weighted by Crippen LogP contribution is 2.37. The van der Waals surface area contributed by atoms with Crippen LogP contribution in [0.2, 0.25) is 0 Å². The van der Waals surface area contributed by atoms with Crippen LogP contribution in [0.5, 0.6) is 0 Å². The molecule has 1 aromatic carbocycles. The summed E-state index contributed by atoms with van der Waals surface area (Å²) in [5, 5.41) is 12.1. The van der Waals surface area contributed by atoms with Crippen LogP contribution in [0.15, 0.2) is 36.3 Å². The number of nitriles is 1.